The Hall–Kier alpha value is -2.86. The molecule has 0 saturated heterocycles. The van der Waals surface area contributed by atoms with Crippen molar-refractivity contribution >= 4 is 23.8 Å². The van der Waals surface area contributed by atoms with Crippen LogP contribution in [0.5, 0.6) is 0 Å². The molecule has 0 unspecified atom stereocenters. The first-order valence-corrected chi connectivity index (χ1v) is 7.55. The Bertz CT molecular complexity index is 816. The monoisotopic (exact) mass is 280 g/mol. The smallest absolute Gasteiger partial charge is 0.00934 e. The topological polar surface area (TPSA) is 0 Å². The van der Waals surface area contributed by atoms with Crippen LogP contribution in [0.2, 0.25) is 0 Å². The van der Waals surface area contributed by atoms with E-state index in [9.17, 15) is 0 Å². The molecule has 0 fully saturated rings. The van der Waals surface area contributed by atoms with Crippen LogP contribution in [-0.4, -0.2) is 0 Å². The molecule has 0 atom stereocenters. The number of fused-ring (bicyclic) bond motifs is 2. The Morgan fingerprint density at radius 1 is 0.500 bits per heavy atom. The Labute approximate surface area is 131 Å². The van der Waals surface area contributed by atoms with Gasteiger partial charge in [0.2, 0.25) is 0 Å². The summed E-state index contributed by atoms with van der Waals surface area (Å²) in [5.41, 5.74) is 7.60. The van der Waals surface area contributed by atoms with Gasteiger partial charge >= 0.3 is 0 Å². The lowest BCUT2D eigenvalue weighted by atomic mass is 9.92. The standard InChI is InChI=1S/C22H16/c1-2-8-17(9-3-1)16-22-20-12-6-4-10-18(20)14-15-19-11-5-7-13-21(19)22/h1-16H. The highest BCUT2D eigenvalue weighted by Gasteiger charge is 2.14. The third-order valence-corrected chi connectivity index (χ3v) is 4.05. The van der Waals surface area contributed by atoms with Gasteiger partial charge in [-0.2, -0.15) is 0 Å². The lowest BCUT2D eigenvalue weighted by Crippen LogP contribution is -1.92. The van der Waals surface area contributed by atoms with Gasteiger partial charge in [0.05, 0.1) is 0 Å². The minimum atomic E-state index is 1.23. The summed E-state index contributed by atoms with van der Waals surface area (Å²) in [6.07, 6.45) is 6.70. The van der Waals surface area contributed by atoms with Crippen LogP contribution in [0.15, 0.2) is 78.9 Å². The minimum absolute atomic E-state index is 1.23. The van der Waals surface area contributed by atoms with Gasteiger partial charge in [-0.3, -0.25) is 0 Å². The molecule has 4 rings (SSSR count). The molecule has 0 aliphatic heterocycles. The van der Waals surface area contributed by atoms with Gasteiger partial charge < -0.3 is 0 Å². The van der Waals surface area contributed by atoms with E-state index in [1.165, 1.54) is 33.4 Å². The molecule has 0 bridgehead atoms. The van der Waals surface area contributed by atoms with E-state index in [2.05, 4.69) is 97.1 Å². The highest BCUT2D eigenvalue weighted by Crippen LogP contribution is 2.34. The van der Waals surface area contributed by atoms with Crippen LogP contribution in [0, 0.1) is 0 Å². The number of hydrogen-bond donors (Lipinski definition) is 0. The number of rotatable bonds is 1. The van der Waals surface area contributed by atoms with E-state index in [1.807, 2.05) is 0 Å². The van der Waals surface area contributed by atoms with Gasteiger partial charge in [0.15, 0.2) is 0 Å². The van der Waals surface area contributed by atoms with Crippen molar-refractivity contribution in [2.45, 2.75) is 0 Å². The fourth-order valence-electron chi connectivity index (χ4n) is 2.97. The van der Waals surface area contributed by atoms with Crippen LogP contribution in [-0.2, 0) is 0 Å². The highest BCUT2D eigenvalue weighted by atomic mass is 14.2. The van der Waals surface area contributed by atoms with E-state index in [0.29, 0.717) is 0 Å². The van der Waals surface area contributed by atoms with E-state index >= 15 is 0 Å². The molecule has 0 nitrogen and oxygen atoms in total. The first kappa shape index (κ1) is 12.8. The van der Waals surface area contributed by atoms with E-state index in [1.54, 1.807) is 0 Å². The summed E-state index contributed by atoms with van der Waals surface area (Å²) in [5.74, 6) is 0. The second kappa shape index (κ2) is 5.50. The van der Waals surface area contributed by atoms with E-state index in [0.717, 1.165) is 0 Å². The molecule has 0 amide bonds. The maximum atomic E-state index is 2.28. The lowest BCUT2D eigenvalue weighted by Gasteiger charge is -2.12. The molecule has 104 valence electrons. The predicted octanol–water partition coefficient (Wildman–Crippen LogP) is 5.76. The average Bonchev–Trinajstić information content (AvgIpc) is 2.74. The van der Waals surface area contributed by atoms with Crippen molar-refractivity contribution in [2.75, 3.05) is 0 Å². The molecule has 22 heavy (non-hydrogen) atoms. The van der Waals surface area contributed by atoms with Crippen molar-refractivity contribution in [1.29, 1.82) is 0 Å². The van der Waals surface area contributed by atoms with Gasteiger partial charge in [0.25, 0.3) is 0 Å². The van der Waals surface area contributed by atoms with Crippen molar-refractivity contribution in [3.63, 3.8) is 0 Å². The molecule has 0 N–H and O–H groups in total. The first-order valence-electron chi connectivity index (χ1n) is 7.55. The number of benzene rings is 3. The molecular formula is C22H16. The van der Waals surface area contributed by atoms with Crippen LogP contribution in [0.4, 0.5) is 0 Å². The maximum absolute atomic E-state index is 2.28. The van der Waals surface area contributed by atoms with Crippen LogP contribution in [0.1, 0.15) is 27.8 Å². The third kappa shape index (κ3) is 2.29. The number of hydrogen-bond acceptors (Lipinski definition) is 0. The van der Waals surface area contributed by atoms with Crippen LogP contribution in [0.3, 0.4) is 0 Å². The molecule has 3 aromatic carbocycles. The predicted molar refractivity (Wildman–Crippen MR) is 95.2 cm³/mol. The van der Waals surface area contributed by atoms with Crippen LogP contribution in [0.25, 0.3) is 23.8 Å². The Kier molecular flexibility index (Phi) is 3.21. The Morgan fingerprint density at radius 2 is 1.00 bits per heavy atom. The summed E-state index contributed by atoms with van der Waals surface area (Å²) >= 11 is 0. The summed E-state index contributed by atoms with van der Waals surface area (Å²) in [5, 5.41) is 0. The second-order valence-corrected chi connectivity index (χ2v) is 5.48. The normalized spacial score (nSPS) is 12.3. The zero-order chi connectivity index (χ0) is 14.8. The summed E-state index contributed by atoms with van der Waals surface area (Å²) in [6.45, 7) is 0. The molecule has 0 saturated carbocycles. The van der Waals surface area contributed by atoms with Crippen molar-refractivity contribution in [3.05, 3.63) is 107 Å². The maximum Gasteiger partial charge on any atom is -0.00934 e. The Morgan fingerprint density at radius 3 is 1.59 bits per heavy atom. The van der Waals surface area contributed by atoms with E-state index in [4.69, 9.17) is 0 Å². The molecule has 1 aliphatic carbocycles. The van der Waals surface area contributed by atoms with Gasteiger partial charge in [0, 0.05) is 0 Å². The summed E-state index contributed by atoms with van der Waals surface area (Å²) in [6, 6.07) is 27.7. The van der Waals surface area contributed by atoms with Crippen molar-refractivity contribution in [1.82, 2.24) is 0 Å². The van der Waals surface area contributed by atoms with Gasteiger partial charge in [-0.1, -0.05) is 91.0 Å². The van der Waals surface area contributed by atoms with Crippen molar-refractivity contribution in [3.8, 4) is 0 Å². The average molecular weight is 280 g/mol. The van der Waals surface area contributed by atoms with Gasteiger partial charge in [-0.15, -0.1) is 0 Å². The molecular weight excluding hydrogens is 264 g/mol. The molecule has 0 spiro atoms. The molecule has 3 aromatic rings. The minimum Gasteiger partial charge on any atom is -0.0622 e. The highest BCUT2D eigenvalue weighted by molar-refractivity contribution is 5.99. The summed E-state index contributed by atoms with van der Waals surface area (Å²) in [4.78, 5) is 0. The largest absolute Gasteiger partial charge is 0.0622 e. The first-order chi connectivity index (χ1) is 10.9. The second-order valence-electron chi connectivity index (χ2n) is 5.48. The van der Waals surface area contributed by atoms with Gasteiger partial charge in [-0.25, -0.2) is 0 Å². The SMILES string of the molecule is C1=Cc2ccccc2C(=Cc2ccccc2)c2ccccc21. The van der Waals surface area contributed by atoms with E-state index in [-0.39, 0.29) is 0 Å². The fraction of sp³-hybridized carbons (Fsp3) is 0. The molecule has 0 heterocycles. The van der Waals surface area contributed by atoms with E-state index < -0.39 is 0 Å². The summed E-state index contributed by atoms with van der Waals surface area (Å²) in [7, 11) is 0. The molecule has 1 aliphatic rings. The van der Waals surface area contributed by atoms with Gasteiger partial charge in [0.1, 0.15) is 0 Å². The molecule has 0 radical (unpaired) electrons. The van der Waals surface area contributed by atoms with Crippen molar-refractivity contribution in [2.24, 2.45) is 0 Å². The zero-order valence-electron chi connectivity index (χ0n) is 12.2. The molecule has 0 aromatic heterocycles. The Balaban J connectivity index is 2.00. The lowest BCUT2D eigenvalue weighted by molar-refractivity contribution is 1.53. The molecule has 0 heteroatoms. The third-order valence-electron chi connectivity index (χ3n) is 4.05. The summed E-state index contributed by atoms with van der Waals surface area (Å²) < 4.78 is 0. The van der Waals surface area contributed by atoms with Crippen LogP contribution >= 0.6 is 0 Å². The van der Waals surface area contributed by atoms with Crippen molar-refractivity contribution < 1.29 is 0 Å². The zero-order valence-corrected chi connectivity index (χ0v) is 12.2. The fourth-order valence-corrected chi connectivity index (χ4v) is 2.97. The van der Waals surface area contributed by atoms with Gasteiger partial charge in [-0.05, 0) is 39.5 Å². The quantitative estimate of drug-likeness (QED) is 0.416. The van der Waals surface area contributed by atoms with Crippen LogP contribution < -0.4 is 0 Å².